The Hall–Kier alpha value is -2.66. The van der Waals surface area contributed by atoms with Crippen LogP contribution in [0.1, 0.15) is 42.0 Å². The van der Waals surface area contributed by atoms with E-state index >= 15 is 0 Å². The van der Waals surface area contributed by atoms with Crippen molar-refractivity contribution in [1.29, 1.82) is 0 Å². The van der Waals surface area contributed by atoms with Crippen molar-refractivity contribution in [3.05, 3.63) is 64.3 Å². The van der Waals surface area contributed by atoms with Gasteiger partial charge in [0.1, 0.15) is 0 Å². The highest BCUT2D eigenvalue weighted by atomic mass is 35.5. The zero-order valence-corrected chi connectivity index (χ0v) is 16.4. The van der Waals surface area contributed by atoms with E-state index in [0.29, 0.717) is 11.6 Å². The molecule has 1 fully saturated rings. The number of carbonyl (C=O) groups is 1. The Bertz CT molecular complexity index is 1050. The van der Waals surface area contributed by atoms with Crippen molar-refractivity contribution in [3.8, 4) is 0 Å². The Morgan fingerprint density at radius 3 is 2.68 bits per heavy atom. The molecule has 0 saturated carbocycles. The number of aromatic nitrogens is 1. The number of hydrogen-bond acceptors (Lipinski definition) is 2. The number of amides is 2. The first-order valence-electron chi connectivity index (χ1n) is 9.82. The number of fused-ring (bicyclic) bond motifs is 2. The topological polar surface area (TPSA) is 65.4 Å². The van der Waals surface area contributed by atoms with Gasteiger partial charge in [-0.2, -0.15) is 0 Å². The molecule has 3 aromatic rings. The summed E-state index contributed by atoms with van der Waals surface area (Å²) in [6, 6.07) is 11.8. The summed E-state index contributed by atoms with van der Waals surface area (Å²) in [6.45, 7) is 2.73. The van der Waals surface area contributed by atoms with Gasteiger partial charge in [-0.15, -0.1) is 0 Å². The number of aromatic amines is 1. The molecule has 5 nitrogen and oxygen atoms in total. The van der Waals surface area contributed by atoms with Gasteiger partial charge < -0.3 is 20.5 Å². The minimum atomic E-state index is -0.405. The number of anilines is 1. The SMILES string of the molecule is NC(=O)N1Cc2cc(N3CCCCC3)ccc2C1c1c[nH]c2ccc(Cl)cc12. The second-order valence-corrected chi connectivity index (χ2v) is 8.17. The van der Waals surface area contributed by atoms with Crippen LogP contribution in [-0.4, -0.2) is 29.0 Å². The maximum atomic E-state index is 12.3. The molecule has 2 amide bonds. The van der Waals surface area contributed by atoms with Crippen LogP contribution >= 0.6 is 11.6 Å². The van der Waals surface area contributed by atoms with Crippen LogP contribution in [0, 0.1) is 0 Å². The summed E-state index contributed by atoms with van der Waals surface area (Å²) in [7, 11) is 0. The van der Waals surface area contributed by atoms with Crippen LogP contribution in [-0.2, 0) is 6.54 Å². The van der Waals surface area contributed by atoms with Gasteiger partial charge in [0, 0.05) is 53.0 Å². The number of benzene rings is 2. The Kier molecular flexibility index (Phi) is 4.20. The van der Waals surface area contributed by atoms with E-state index in [4.69, 9.17) is 17.3 Å². The quantitative estimate of drug-likeness (QED) is 0.655. The molecule has 3 heterocycles. The Balaban J connectivity index is 1.59. The number of halogens is 1. The predicted octanol–water partition coefficient (Wildman–Crippen LogP) is 4.80. The average Bonchev–Trinajstić information content (AvgIpc) is 3.28. The lowest BCUT2D eigenvalue weighted by Crippen LogP contribution is -2.34. The lowest BCUT2D eigenvalue weighted by molar-refractivity contribution is 0.199. The third-order valence-corrected chi connectivity index (χ3v) is 6.28. The Morgan fingerprint density at radius 2 is 1.89 bits per heavy atom. The standard InChI is InChI=1S/C22H23ClN4O/c23-15-4-7-20-18(11-15)19(12-25-20)21-17-6-5-16(26-8-2-1-3-9-26)10-14(17)13-27(21)22(24)28/h4-7,10-12,21,25H,1-3,8-9,13H2,(H2,24,28). The van der Waals surface area contributed by atoms with E-state index in [0.717, 1.165) is 35.1 Å². The predicted molar refractivity (Wildman–Crippen MR) is 113 cm³/mol. The van der Waals surface area contributed by atoms with E-state index in [-0.39, 0.29) is 6.04 Å². The molecule has 0 aliphatic carbocycles. The van der Waals surface area contributed by atoms with Crippen molar-refractivity contribution in [3.63, 3.8) is 0 Å². The molecule has 28 heavy (non-hydrogen) atoms. The first-order chi connectivity index (χ1) is 13.6. The van der Waals surface area contributed by atoms with Crippen molar-refractivity contribution in [2.75, 3.05) is 18.0 Å². The second kappa shape index (κ2) is 6.74. The molecule has 1 aromatic heterocycles. The molecule has 2 aliphatic rings. The van der Waals surface area contributed by atoms with Gasteiger partial charge in [0.15, 0.2) is 0 Å². The van der Waals surface area contributed by atoms with Gasteiger partial charge in [-0.05, 0) is 60.7 Å². The maximum absolute atomic E-state index is 12.3. The van der Waals surface area contributed by atoms with Crippen LogP contribution < -0.4 is 10.6 Å². The molecule has 1 saturated heterocycles. The summed E-state index contributed by atoms with van der Waals surface area (Å²) in [5, 5.41) is 1.70. The monoisotopic (exact) mass is 394 g/mol. The van der Waals surface area contributed by atoms with Gasteiger partial charge in [-0.1, -0.05) is 17.7 Å². The largest absolute Gasteiger partial charge is 0.372 e. The molecule has 2 aliphatic heterocycles. The molecule has 0 bridgehead atoms. The lowest BCUT2D eigenvalue weighted by Gasteiger charge is -2.29. The first kappa shape index (κ1) is 17.4. The summed E-state index contributed by atoms with van der Waals surface area (Å²) in [5.41, 5.74) is 11.3. The fraction of sp³-hybridized carbons (Fsp3) is 0.318. The average molecular weight is 395 g/mol. The van der Waals surface area contributed by atoms with Gasteiger partial charge >= 0.3 is 6.03 Å². The van der Waals surface area contributed by atoms with Crippen molar-refractivity contribution < 1.29 is 4.79 Å². The molecule has 144 valence electrons. The Labute approximate surface area is 169 Å². The number of rotatable bonds is 2. The summed E-state index contributed by atoms with van der Waals surface area (Å²) >= 11 is 6.24. The van der Waals surface area contributed by atoms with E-state index < -0.39 is 6.03 Å². The van der Waals surface area contributed by atoms with Crippen LogP contribution in [0.3, 0.4) is 0 Å². The number of primary amides is 1. The van der Waals surface area contributed by atoms with Gasteiger partial charge in [0.25, 0.3) is 0 Å². The molecule has 0 spiro atoms. The zero-order chi connectivity index (χ0) is 19.3. The molecule has 1 unspecified atom stereocenters. The summed E-state index contributed by atoms with van der Waals surface area (Å²) in [5.74, 6) is 0. The van der Waals surface area contributed by atoms with E-state index in [2.05, 4.69) is 28.1 Å². The number of nitrogens with two attached hydrogens (primary N) is 1. The first-order valence-corrected chi connectivity index (χ1v) is 10.2. The molecule has 1 atom stereocenters. The normalized spacial score (nSPS) is 19.2. The number of carbonyl (C=O) groups excluding carboxylic acids is 1. The third-order valence-electron chi connectivity index (χ3n) is 6.05. The smallest absolute Gasteiger partial charge is 0.315 e. The van der Waals surface area contributed by atoms with Crippen LogP contribution in [0.2, 0.25) is 5.02 Å². The number of nitrogens with one attached hydrogen (secondary N) is 1. The number of piperidine rings is 1. The second-order valence-electron chi connectivity index (χ2n) is 7.73. The molecule has 6 heteroatoms. The van der Waals surface area contributed by atoms with E-state index in [1.54, 1.807) is 4.90 Å². The van der Waals surface area contributed by atoms with Crippen LogP contribution in [0.4, 0.5) is 10.5 Å². The number of H-pyrrole nitrogens is 1. The van der Waals surface area contributed by atoms with Gasteiger partial charge in [0.05, 0.1) is 6.04 Å². The maximum Gasteiger partial charge on any atom is 0.315 e. The number of hydrogen-bond donors (Lipinski definition) is 2. The zero-order valence-electron chi connectivity index (χ0n) is 15.6. The highest BCUT2D eigenvalue weighted by Crippen LogP contribution is 2.42. The van der Waals surface area contributed by atoms with Crippen LogP contribution in [0.25, 0.3) is 10.9 Å². The summed E-state index contributed by atoms with van der Waals surface area (Å²) < 4.78 is 0. The molecule has 0 radical (unpaired) electrons. The highest BCUT2D eigenvalue weighted by Gasteiger charge is 2.35. The fourth-order valence-electron chi connectivity index (χ4n) is 4.67. The van der Waals surface area contributed by atoms with E-state index in [1.165, 1.54) is 30.5 Å². The fourth-order valence-corrected chi connectivity index (χ4v) is 4.84. The molecule has 3 N–H and O–H groups in total. The van der Waals surface area contributed by atoms with Gasteiger partial charge in [-0.3, -0.25) is 0 Å². The molecule has 5 rings (SSSR count). The summed E-state index contributed by atoms with van der Waals surface area (Å²) in [4.78, 5) is 19.8. The van der Waals surface area contributed by atoms with Crippen LogP contribution in [0.15, 0.2) is 42.6 Å². The Morgan fingerprint density at radius 1 is 1.07 bits per heavy atom. The lowest BCUT2D eigenvalue weighted by atomic mass is 9.96. The molecular weight excluding hydrogens is 372 g/mol. The van der Waals surface area contributed by atoms with Crippen molar-refractivity contribution >= 4 is 34.2 Å². The van der Waals surface area contributed by atoms with Crippen molar-refractivity contribution in [2.45, 2.75) is 31.8 Å². The van der Waals surface area contributed by atoms with Gasteiger partial charge in [0.2, 0.25) is 0 Å². The van der Waals surface area contributed by atoms with E-state index in [9.17, 15) is 4.79 Å². The summed E-state index contributed by atoms with van der Waals surface area (Å²) in [6.07, 6.45) is 5.75. The molecule has 2 aromatic carbocycles. The number of nitrogens with zero attached hydrogens (tertiary/aromatic N) is 2. The molecular formula is C22H23ClN4O. The van der Waals surface area contributed by atoms with Crippen LogP contribution in [0.5, 0.6) is 0 Å². The minimum Gasteiger partial charge on any atom is -0.372 e. The third kappa shape index (κ3) is 2.81. The number of urea groups is 1. The minimum absolute atomic E-state index is 0.199. The van der Waals surface area contributed by atoms with E-state index in [1.807, 2.05) is 24.4 Å². The van der Waals surface area contributed by atoms with Gasteiger partial charge in [-0.25, -0.2) is 4.79 Å². The highest BCUT2D eigenvalue weighted by molar-refractivity contribution is 6.31. The van der Waals surface area contributed by atoms with Crippen molar-refractivity contribution in [2.24, 2.45) is 5.73 Å². The van der Waals surface area contributed by atoms with Crippen molar-refractivity contribution in [1.82, 2.24) is 9.88 Å².